The van der Waals surface area contributed by atoms with E-state index in [1.807, 2.05) is 0 Å². The van der Waals surface area contributed by atoms with Crippen molar-refractivity contribution in [1.82, 2.24) is 0 Å². The highest BCUT2D eigenvalue weighted by Gasteiger charge is 2.63. The Morgan fingerprint density at radius 1 is 1.00 bits per heavy atom. The summed E-state index contributed by atoms with van der Waals surface area (Å²) < 4.78 is 80.3. The van der Waals surface area contributed by atoms with Crippen LogP contribution in [-0.4, -0.2) is 22.4 Å². The van der Waals surface area contributed by atoms with Crippen molar-refractivity contribution in [3.05, 3.63) is 0 Å². The van der Waals surface area contributed by atoms with Crippen LogP contribution < -0.4 is 0 Å². The number of hydrogen-bond donors (Lipinski definition) is 0. The fourth-order valence-corrected chi connectivity index (χ4v) is 0.928. The van der Waals surface area contributed by atoms with E-state index < -0.39 is 28.9 Å². The van der Waals surface area contributed by atoms with E-state index in [1.54, 1.807) is 0 Å². The van der Waals surface area contributed by atoms with Gasteiger partial charge < -0.3 is 0 Å². The first-order chi connectivity index (χ1) is 5.59. The van der Waals surface area contributed by atoms with Gasteiger partial charge in [0.05, 0.1) is 0 Å². The Kier molecular flexibility index (Phi) is 4.25. The van der Waals surface area contributed by atoms with Gasteiger partial charge in [0.25, 0.3) is 0 Å². The van der Waals surface area contributed by atoms with E-state index >= 15 is 0 Å². The maximum absolute atomic E-state index is 12.2. The van der Waals surface area contributed by atoms with Crippen LogP contribution in [0.15, 0.2) is 0 Å². The van der Waals surface area contributed by atoms with E-state index in [1.165, 1.54) is 0 Å². The van der Waals surface area contributed by atoms with Gasteiger partial charge in [-0.3, -0.25) is 0 Å². The molecule has 0 rings (SSSR count). The summed E-state index contributed by atoms with van der Waals surface area (Å²) in [6.45, 7) is 0. The van der Waals surface area contributed by atoms with Gasteiger partial charge in [-0.25, -0.2) is 8.78 Å². The Bertz CT molecular complexity index is 163. The first kappa shape index (κ1) is 13.2. The van der Waals surface area contributed by atoms with Crippen LogP contribution in [-0.2, 0) is 0 Å². The largest absolute Gasteiger partial charge is 0.456 e. The van der Waals surface area contributed by atoms with Crippen LogP contribution >= 0.6 is 22.6 Å². The molecule has 0 aromatic carbocycles. The summed E-state index contributed by atoms with van der Waals surface area (Å²) in [4.78, 5) is 0. The molecule has 0 bridgehead atoms. The van der Waals surface area contributed by atoms with Gasteiger partial charge in [0.1, 0.15) is 0 Å². The Labute approximate surface area is 82.6 Å². The summed E-state index contributed by atoms with van der Waals surface area (Å²) >= 11 is 0.918. The Morgan fingerprint density at radius 2 is 1.38 bits per heavy atom. The average Bonchev–Trinajstić information content (AvgIpc) is 1.82. The minimum Gasteiger partial charge on any atom is -0.240 e. The predicted molar refractivity (Wildman–Crippen MR) is 39.4 cm³/mol. The summed E-state index contributed by atoms with van der Waals surface area (Å²) in [6, 6.07) is 0. The minimum absolute atomic E-state index is 0.918. The molecule has 0 spiro atoms. The second kappa shape index (κ2) is 4.18. The molecule has 0 heterocycles. The molecule has 2 unspecified atom stereocenters. The fraction of sp³-hybridized carbons (Fsp3) is 1.00. The topological polar surface area (TPSA) is 0 Å². The third kappa shape index (κ3) is 3.47. The van der Waals surface area contributed by atoms with Crippen molar-refractivity contribution in [2.75, 3.05) is 0 Å². The van der Waals surface area contributed by atoms with Crippen LogP contribution in [0, 0.1) is 0 Å². The summed E-state index contributed by atoms with van der Waals surface area (Å²) in [5.41, 5.74) is 0. The summed E-state index contributed by atoms with van der Waals surface area (Å²) in [6.07, 6.45) is -11.0. The molecule has 0 N–H and O–H groups in total. The lowest BCUT2D eigenvalue weighted by molar-refractivity contribution is -0.304. The second-order valence-electron chi connectivity index (χ2n) is 2.22. The van der Waals surface area contributed by atoms with Crippen LogP contribution in [0.4, 0.5) is 30.7 Å². The van der Waals surface area contributed by atoms with Crippen molar-refractivity contribution < 1.29 is 30.7 Å². The maximum Gasteiger partial charge on any atom is 0.456 e. The highest BCUT2D eigenvalue weighted by Crippen LogP contribution is 2.41. The minimum atomic E-state index is -5.97. The molecule has 0 aromatic rings. The van der Waals surface area contributed by atoms with E-state index in [2.05, 4.69) is 0 Å². The Morgan fingerprint density at radius 3 is 1.62 bits per heavy atom. The van der Waals surface area contributed by atoms with Crippen LogP contribution in [0.3, 0.4) is 0 Å². The van der Waals surface area contributed by atoms with Gasteiger partial charge in [-0.1, -0.05) is 0 Å². The molecule has 2 atom stereocenters. The first-order valence-corrected chi connectivity index (χ1v) is 4.20. The zero-order valence-electron chi connectivity index (χ0n) is 5.89. The molecule has 0 amide bonds. The van der Waals surface area contributed by atoms with Crippen molar-refractivity contribution in [3.8, 4) is 0 Å². The second-order valence-corrected chi connectivity index (χ2v) is 3.57. The number of alkyl halides is 8. The van der Waals surface area contributed by atoms with Crippen LogP contribution in [0.2, 0.25) is 0 Å². The third-order valence-electron chi connectivity index (χ3n) is 1.16. The molecule has 13 heavy (non-hydrogen) atoms. The zero-order valence-corrected chi connectivity index (χ0v) is 8.04. The van der Waals surface area contributed by atoms with Crippen LogP contribution in [0.1, 0.15) is 6.42 Å². The Balaban J connectivity index is 4.45. The summed E-state index contributed by atoms with van der Waals surface area (Å²) in [5.74, 6) is -5.48. The standard InChI is InChI=1S/C5H4F7I/c6-2(1-3(7)13)4(8,9)5(10,11)12/h2-3H,1H2. The number of halogens is 8. The molecular formula is C5H4F7I. The molecule has 8 heteroatoms. The lowest BCUT2D eigenvalue weighted by atomic mass is 10.1. The molecule has 0 aliphatic carbocycles. The van der Waals surface area contributed by atoms with Crippen molar-refractivity contribution >= 4 is 22.6 Å². The zero-order chi connectivity index (χ0) is 10.9. The third-order valence-corrected chi connectivity index (χ3v) is 1.66. The monoisotopic (exact) mass is 324 g/mol. The van der Waals surface area contributed by atoms with E-state index in [0.29, 0.717) is 0 Å². The normalized spacial score (nSPS) is 18.5. The molecule has 0 radical (unpaired) electrons. The van der Waals surface area contributed by atoms with Crippen molar-refractivity contribution in [2.24, 2.45) is 0 Å². The van der Waals surface area contributed by atoms with E-state index in [4.69, 9.17) is 0 Å². The number of hydrogen-bond acceptors (Lipinski definition) is 0. The van der Waals surface area contributed by atoms with Gasteiger partial charge in [-0.15, -0.1) is 0 Å². The van der Waals surface area contributed by atoms with Crippen molar-refractivity contribution in [1.29, 1.82) is 0 Å². The lowest BCUT2D eigenvalue weighted by Gasteiger charge is -2.22. The molecule has 0 aliphatic rings. The van der Waals surface area contributed by atoms with Gasteiger partial charge in [-0.2, -0.15) is 22.0 Å². The summed E-state index contributed by atoms with van der Waals surface area (Å²) in [5, 5.41) is 0. The Hall–Kier alpha value is 0.240. The predicted octanol–water partition coefficient (Wildman–Crippen LogP) is 3.64. The molecule has 0 nitrogen and oxygen atoms in total. The lowest BCUT2D eigenvalue weighted by Crippen LogP contribution is -2.45. The highest BCUT2D eigenvalue weighted by molar-refractivity contribution is 14.1. The van der Waals surface area contributed by atoms with Crippen LogP contribution in [0.5, 0.6) is 0 Å². The maximum atomic E-state index is 12.2. The summed E-state index contributed by atoms with van der Waals surface area (Å²) in [7, 11) is 0. The van der Waals surface area contributed by atoms with Crippen LogP contribution in [0.25, 0.3) is 0 Å². The van der Waals surface area contributed by atoms with Gasteiger partial charge in [-0.05, 0) is 22.6 Å². The molecule has 0 saturated heterocycles. The quantitative estimate of drug-likeness (QED) is 0.422. The molecule has 0 fully saturated rings. The van der Waals surface area contributed by atoms with Gasteiger partial charge in [0, 0.05) is 6.42 Å². The molecule has 0 aromatic heterocycles. The molecule has 80 valence electrons. The van der Waals surface area contributed by atoms with Gasteiger partial charge in [0.2, 0.25) is 0 Å². The SMILES string of the molecule is FC(I)CC(F)C(F)(F)C(F)(F)F. The van der Waals surface area contributed by atoms with E-state index in [-0.39, 0.29) is 0 Å². The van der Waals surface area contributed by atoms with Crippen molar-refractivity contribution in [3.63, 3.8) is 0 Å². The van der Waals surface area contributed by atoms with Crippen molar-refractivity contribution in [2.45, 2.75) is 28.9 Å². The molecule has 0 saturated carbocycles. The highest BCUT2D eigenvalue weighted by atomic mass is 127. The number of rotatable bonds is 3. The first-order valence-electron chi connectivity index (χ1n) is 2.95. The van der Waals surface area contributed by atoms with E-state index in [9.17, 15) is 30.7 Å². The van der Waals surface area contributed by atoms with Gasteiger partial charge in [0.15, 0.2) is 10.4 Å². The smallest absolute Gasteiger partial charge is 0.240 e. The average molecular weight is 324 g/mol. The van der Waals surface area contributed by atoms with E-state index in [0.717, 1.165) is 22.6 Å². The fourth-order valence-electron chi connectivity index (χ4n) is 0.482. The molecule has 0 aliphatic heterocycles. The van der Waals surface area contributed by atoms with Gasteiger partial charge >= 0.3 is 12.1 Å². The molecular weight excluding hydrogens is 320 g/mol.